The molecule has 2 aromatic rings. The highest BCUT2D eigenvalue weighted by Gasteiger charge is 2.09. The largest absolute Gasteiger partial charge is 0.303 e. The number of hydrogen-bond acceptors (Lipinski definition) is 4. The first kappa shape index (κ1) is 12.5. The fraction of sp³-hybridized carbons (Fsp3) is 0.300. The highest BCUT2D eigenvalue weighted by molar-refractivity contribution is 9.10. The van der Waals surface area contributed by atoms with Crippen LogP contribution in [-0.2, 0) is 6.54 Å². The molecule has 2 heterocycles. The maximum Gasteiger partial charge on any atom is 0.109 e. The van der Waals surface area contributed by atoms with Crippen molar-refractivity contribution in [3.63, 3.8) is 0 Å². The molecule has 0 amide bonds. The molecule has 0 aliphatic carbocycles. The third kappa shape index (κ3) is 3.05. The van der Waals surface area contributed by atoms with Gasteiger partial charge in [0.25, 0.3) is 0 Å². The fourth-order valence-electron chi connectivity index (χ4n) is 1.27. The van der Waals surface area contributed by atoms with Gasteiger partial charge in [0, 0.05) is 27.5 Å². The van der Waals surface area contributed by atoms with Crippen LogP contribution in [0, 0.1) is 0 Å². The van der Waals surface area contributed by atoms with Gasteiger partial charge < -0.3 is 5.32 Å². The molecule has 0 aliphatic heterocycles. The molecule has 0 bridgehead atoms. The number of rotatable bonds is 4. The summed E-state index contributed by atoms with van der Waals surface area (Å²) in [5.41, 5.74) is 0. The van der Waals surface area contributed by atoms with Crippen LogP contribution in [0.1, 0.15) is 22.9 Å². The first-order valence-electron chi connectivity index (χ1n) is 4.73. The molecule has 0 fully saturated rings. The van der Waals surface area contributed by atoms with E-state index >= 15 is 0 Å². The zero-order chi connectivity index (χ0) is 11.5. The van der Waals surface area contributed by atoms with E-state index in [-0.39, 0.29) is 6.04 Å². The minimum absolute atomic E-state index is 0.277. The van der Waals surface area contributed by atoms with E-state index in [9.17, 15) is 0 Å². The van der Waals surface area contributed by atoms with Crippen molar-refractivity contribution in [1.29, 1.82) is 0 Å². The zero-order valence-corrected chi connectivity index (χ0v) is 12.5. The summed E-state index contributed by atoms with van der Waals surface area (Å²) in [6, 6.07) is 2.33. The smallest absolute Gasteiger partial charge is 0.109 e. The van der Waals surface area contributed by atoms with Crippen LogP contribution >= 0.6 is 50.2 Å². The van der Waals surface area contributed by atoms with Crippen LogP contribution in [0.5, 0.6) is 0 Å². The molecule has 0 spiro atoms. The van der Waals surface area contributed by atoms with Crippen LogP contribution in [0.4, 0.5) is 0 Å². The second-order valence-electron chi connectivity index (χ2n) is 3.31. The van der Waals surface area contributed by atoms with Crippen molar-refractivity contribution in [1.82, 2.24) is 10.3 Å². The van der Waals surface area contributed by atoms with Crippen LogP contribution in [0.2, 0.25) is 4.34 Å². The predicted molar refractivity (Wildman–Crippen MR) is 74.4 cm³/mol. The molecule has 16 heavy (non-hydrogen) atoms. The molecular formula is C10H10BrClN2S2. The lowest BCUT2D eigenvalue weighted by Gasteiger charge is -2.09. The molecular weight excluding hydrogens is 328 g/mol. The number of nitrogens with zero attached hydrogens (tertiary/aromatic N) is 1. The van der Waals surface area contributed by atoms with Gasteiger partial charge in [-0.2, -0.15) is 0 Å². The molecule has 86 valence electrons. The van der Waals surface area contributed by atoms with E-state index in [2.05, 4.69) is 39.2 Å². The minimum Gasteiger partial charge on any atom is -0.303 e. The van der Waals surface area contributed by atoms with E-state index in [0.717, 1.165) is 20.4 Å². The van der Waals surface area contributed by atoms with Gasteiger partial charge in [-0.15, -0.1) is 22.7 Å². The van der Waals surface area contributed by atoms with Gasteiger partial charge in [0.1, 0.15) is 9.34 Å². The summed E-state index contributed by atoms with van der Waals surface area (Å²) in [5, 5.41) is 6.53. The molecule has 0 saturated heterocycles. The van der Waals surface area contributed by atoms with Gasteiger partial charge in [0.2, 0.25) is 0 Å². The van der Waals surface area contributed by atoms with Crippen molar-refractivity contribution >= 4 is 50.2 Å². The quantitative estimate of drug-likeness (QED) is 0.890. The summed E-state index contributed by atoms with van der Waals surface area (Å²) >= 11 is 12.6. The third-order valence-electron chi connectivity index (χ3n) is 2.10. The van der Waals surface area contributed by atoms with Gasteiger partial charge in [-0.25, -0.2) is 4.98 Å². The molecule has 0 aliphatic rings. The van der Waals surface area contributed by atoms with Gasteiger partial charge in [-0.3, -0.25) is 0 Å². The molecule has 2 aromatic heterocycles. The topological polar surface area (TPSA) is 24.9 Å². The van der Waals surface area contributed by atoms with Crippen molar-refractivity contribution in [2.75, 3.05) is 0 Å². The Morgan fingerprint density at radius 2 is 2.44 bits per heavy atom. The minimum atomic E-state index is 0.277. The lowest BCUT2D eigenvalue weighted by Crippen LogP contribution is -2.17. The SMILES string of the molecule is CC(NCc1cc(Br)c(Cl)s1)c1nccs1. The van der Waals surface area contributed by atoms with Crippen LogP contribution in [-0.4, -0.2) is 4.98 Å². The van der Waals surface area contributed by atoms with Crippen molar-refractivity contribution < 1.29 is 0 Å². The Kier molecular flexibility index (Phi) is 4.38. The summed E-state index contributed by atoms with van der Waals surface area (Å²) in [6.07, 6.45) is 1.83. The van der Waals surface area contributed by atoms with Gasteiger partial charge in [0.05, 0.1) is 6.04 Å². The number of thiazole rings is 1. The van der Waals surface area contributed by atoms with E-state index in [1.54, 1.807) is 22.7 Å². The normalized spacial score (nSPS) is 12.9. The Labute approximate surface area is 116 Å². The predicted octanol–water partition coefficient (Wildman–Crippen LogP) is 4.47. The van der Waals surface area contributed by atoms with Crippen LogP contribution in [0.3, 0.4) is 0 Å². The maximum atomic E-state index is 5.98. The van der Waals surface area contributed by atoms with Gasteiger partial charge >= 0.3 is 0 Å². The summed E-state index contributed by atoms with van der Waals surface area (Å²) in [6.45, 7) is 2.93. The summed E-state index contributed by atoms with van der Waals surface area (Å²) in [7, 11) is 0. The van der Waals surface area contributed by atoms with E-state index < -0.39 is 0 Å². The van der Waals surface area contributed by atoms with Crippen LogP contribution in [0.15, 0.2) is 22.1 Å². The molecule has 2 rings (SSSR count). The van der Waals surface area contributed by atoms with Crippen molar-refractivity contribution in [3.05, 3.63) is 36.3 Å². The van der Waals surface area contributed by atoms with E-state index in [4.69, 9.17) is 11.6 Å². The molecule has 1 unspecified atom stereocenters. The summed E-state index contributed by atoms with van der Waals surface area (Å²) in [5.74, 6) is 0. The number of nitrogens with one attached hydrogen (secondary N) is 1. The van der Waals surface area contributed by atoms with Crippen molar-refractivity contribution in [3.8, 4) is 0 Å². The van der Waals surface area contributed by atoms with E-state index in [1.807, 2.05) is 11.6 Å². The molecule has 1 atom stereocenters. The van der Waals surface area contributed by atoms with E-state index in [0.29, 0.717) is 0 Å². The number of thiophene rings is 1. The van der Waals surface area contributed by atoms with Gasteiger partial charge in [0.15, 0.2) is 0 Å². The number of hydrogen-bond donors (Lipinski definition) is 1. The fourth-order valence-corrected chi connectivity index (χ4v) is 3.68. The molecule has 0 saturated carbocycles. The molecule has 6 heteroatoms. The van der Waals surface area contributed by atoms with Gasteiger partial charge in [-0.05, 0) is 28.9 Å². The lowest BCUT2D eigenvalue weighted by molar-refractivity contribution is 0.576. The average molecular weight is 338 g/mol. The Hall–Kier alpha value is 0.0600. The third-order valence-corrected chi connectivity index (χ3v) is 5.53. The maximum absolute atomic E-state index is 5.98. The molecule has 1 N–H and O–H groups in total. The van der Waals surface area contributed by atoms with Crippen molar-refractivity contribution in [2.24, 2.45) is 0 Å². The van der Waals surface area contributed by atoms with Crippen molar-refractivity contribution in [2.45, 2.75) is 19.5 Å². The van der Waals surface area contributed by atoms with Crippen LogP contribution in [0.25, 0.3) is 0 Å². The number of halogens is 2. The molecule has 0 aromatic carbocycles. The second kappa shape index (κ2) is 5.60. The van der Waals surface area contributed by atoms with Crippen LogP contribution < -0.4 is 5.32 Å². The Bertz CT molecular complexity index is 436. The highest BCUT2D eigenvalue weighted by Crippen LogP contribution is 2.32. The Balaban J connectivity index is 1.92. The monoisotopic (exact) mass is 336 g/mol. The highest BCUT2D eigenvalue weighted by atomic mass is 79.9. The standard InChI is InChI=1S/C10H10BrClN2S2/c1-6(10-13-2-3-15-10)14-5-7-4-8(11)9(12)16-7/h2-4,6,14H,5H2,1H3. The number of aromatic nitrogens is 1. The Morgan fingerprint density at radius 1 is 1.62 bits per heavy atom. The summed E-state index contributed by atoms with van der Waals surface area (Å²) in [4.78, 5) is 5.50. The molecule has 2 nitrogen and oxygen atoms in total. The van der Waals surface area contributed by atoms with Gasteiger partial charge in [-0.1, -0.05) is 11.6 Å². The zero-order valence-electron chi connectivity index (χ0n) is 8.54. The second-order valence-corrected chi connectivity index (χ2v) is 6.83. The first-order valence-corrected chi connectivity index (χ1v) is 7.60. The molecule has 0 radical (unpaired) electrons. The first-order chi connectivity index (χ1) is 7.66. The Morgan fingerprint density at radius 3 is 3.00 bits per heavy atom. The van der Waals surface area contributed by atoms with E-state index in [1.165, 1.54) is 4.88 Å². The lowest BCUT2D eigenvalue weighted by atomic mass is 10.3. The average Bonchev–Trinajstić information content (AvgIpc) is 2.86. The summed E-state index contributed by atoms with van der Waals surface area (Å²) < 4.78 is 1.77.